The molecule has 2 aromatic carbocycles. The maximum Gasteiger partial charge on any atom is 0.257 e. The lowest BCUT2D eigenvalue weighted by atomic mass is 9.99. The molecule has 0 radical (unpaired) electrons. The topological polar surface area (TPSA) is 58.1 Å². The highest BCUT2D eigenvalue weighted by atomic mass is 35.5. The smallest absolute Gasteiger partial charge is 0.257 e. The first-order chi connectivity index (χ1) is 13.1. The van der Waals surface area contributed by atoms with E-state index >= 15 is 0 Å². The number of halogens is 1. The number of nitrogens with zero attached hydrogens (tertiary/aromatic N) is 3. The van der Waals surface area contributed by atoms with E-state index in [-0.39, 0.29) is 5.91 Å². The molecule has 0 unspecified atom stereocenters. The Labute approximate surface area is 163 Å². The summed E-state index contributed by atoms with van der Waals surface area (Å²) in [5, 5.41) is 3.78. The van der Waals surface area contributed by atoms with Crippen molar-refractivity contribution in [1.82, 2.24) is 14.9 Å². The number of fused-ring (bicyclic) bond motifs is 1. The molecule has 27 heavy (non-hydrogen) atoms. The fourth-order valence-electron chi connectivity index (χ4n) is 3.15. The summed E-state index contributed by atoms with van der Waals surface area (Å²) in [6, 6.07) is 13.9. The summed E-state index contributed by atoms with van der Waals surface area (Å²) >= 11 is 6.14. The van der Waals surface area contributed by atoms with Gasteiger partial charge in [-0.25, -0.2) is 9.97 Å². The van der Waals surface area contributed by atoms with Gasteiger partial charge in [-0.1, -0.05) is 41.9 Å². The SMILES string of the molecule is Cc1ccc(Nc2ncc(C(=O)N3CCc4ccccc4C3)cn2)cc1Cl. The van der Waals surface area contributed by atoms with Crippen molar-refractivity contribution >= 4 is 29.1 Å². The predicted molar refractivity (Wildman–Crippen MR) is 106 cm³/mol. The highest BCUT2D eigenvalue weighted by Crippen LogP contribution is 2.22. The van der Waals surface area contributed by atoms with Gasteiger partial charge in [0.05, 0.1) is 5.56 Å². The number of amides is 1. The highest BCUT2D eigenvalue weighted by Gasteiger charge is 2.22. The quantitative estimate of drug-likeness (QED) is 0.734. The Bertz CT molecular complexity index is 988. The van der Waals surface area contributed by atoms with E-state index in [0.717, 1.165) is 17.7 Å². The van der Waals surface area contributed by atoms with E-state index in [4.69, 9.17) is 11.6 Å². The molecule has 0 bridgehead atoms. The third kappa shape index (κ3) is 3.78. The predicted octanol–water partition coefficient (Wildman–Crippen LogP) is 4.38. The van der Waals surface area contributed by atoms with Crippen LogP contribution in [0.2, 0.25) is 5.02 Å². The van der Waals surface area contributed by atoms with Gasteiger partial charge in [-0.2, -0.15) is 0 Å². The van der Waals surface area contributed by atoms with Crippen LogP contribution in [0.4, 0.5) is 11.6 Å². The van der Waals surface area contributed by atoms with Crippen LogP contribution in [-0.2, 0) is 13.0 Å². The number of rotatable bonds is 3. The van der Waals surface area contributed by atoms with Crippen molar-refractivity contribution < 1.29 is 4.79 Å². The average molecular weight is 379 g/mol. The Morgan fingerprint density at radius 1 is 1.11 bits per heavy atom. The molecule has 1 N–H and O–H groups in total. The summed E-state index contributed by atoms with van der Waals surface area (Å²) in [6.45, 7) is 3.27. The number of carbonyl (C=O) groups is 1. The average Bonchev–Trinajstić information content (AvgIpc) is 2.70. The van der Waals surface area contributed by atoms with Crippen LogP contribution in [-0.4, -0.2) is 27.3 Å². The van der Waals surface area contributed by atoms with Crippen molar-refractivity contribution in [2.75, 3.05) is 11.9 Å². The van der Waals surface area contributed by atoms with E-state index in [2.05, 4.69) is 27.4 Å². The number of aromatic nitrogens is 2. The van der Waals surface area contributed by atoms with Gasteiger partial charge in [0.1, 0.15) is 0 Å². The van der Waals surface area contributed by atoms with Gasteiger partial charge in [-0.15, -0.1) is 0 Å². The van der Waals surface area contributed by atoms with E-state index < -0.39 is 0 Å². The number of benzene rings is 2. The van der Waals surface area contributed by atoms with Gasteiger partial charge in [0.15, 0.2) is 0 Å². The molecule has 0 atom stereocenters. The largest absolute Gasteiger partial charge is 0.334 e. The molecular formula is C21H19ClN4O. The Morgan fingerprint density at radius 3 is 2.59 bits per heavy atom. The van der Waals surface area contributed by atoms with Crippen LogP contribution in [0.1, 0.15) is 27.0 Å². The van der Waals surface area contributed by atoms with Crippen molar-refractivity contribution in [2.45, 2.75) is 19.9 Å². The molecule has 2 heterocycles. The van der Waals surface area contributed by atoms with Gasteiger partial charge < -0.3 is 10.2 Å². The van der Waals surface area contributed by atoms with Gasteiger partial charge in [0, 0.05) is 36.2 Å². The van der Waals surface area contributed by atoms with Crippen LogP contribution in [0.25, 0.3) is 0 Å². The van der Waals surface area contributed by atoms with Crippen LogP contribution in [0.15, 0.2) is 54.9 Å². The van der Waals surface area contributed by atoms with E-state index in [0.29, 0.717) is 29.6 Å². The van der Waals surface area contributed by atoms with Gasteiger partial charge >= 0.3 is 0 Å². The molecular weight excluding hydrogens is 360 g/mol. The van der Waals surface area contributed by atoms with Crippen molar-refractivity contribution in [3.63, 3.8) is 0 Å². The molecule has 5 nitrogen and oxygen atoms in total. The zero-order valence-electron chi connectivity index (χ0n) is 14.9. The van der Waals surface area contributed by atoms with Crippen LogP contribution >= 0.6 is 11.6 Å². The summed E-state index contributed by atoms with van der Waals surface area (Å²) in [5.74, 6) is 0.380. The summed E-state index contributed by atoms with van der Waals surface area (Å²) < 4.78 is 0. The van der Waals surface area contributed by atoms with Crippen LogP contribution in [0.5, 0.6) is 0 Å². The third-order valence-corrected chi connectivity index (χ3v) is 5.15. The van der Waals surface area contributed by atoms with Crippen molar-refractivity contribution in [3.8, 4) is 0 Å². The van der Waals surface area contributed by atoms with Gasteiger partial charge in [0.2, 0.25) is 5.95 Å². The molecule has 1 aliphatic rings. The highest BCUT2D eigenvalue weighted by molar-refractivity contribution is 6.31. The first-order valence-electron chi connectivity index (χ1n) is 8.81. The first-order valence-corrected chi connectivity index (χ1v) is 9.19. The van der Waals surface area contributed by atoms with E-state index in [1.54, 1.807) is 12.4 Å². The van der Waals surface area contributed by atoms with Crippen molar-refractivity contribution in [1.29, 1.82) is 0 Å². The third-order valence-electron chi connectivity index (χ3n) is 4.74. The lowest BCUT2D eigenvalue weighted by Crippen LogP contribution is -2.36. The molecule has 0 aliphatic carbocycles. The number of aryl methyl sites for hydroxylation is 1. The Morgan fingerprint density at radius 2 is 1.85 bits per heavy atom. The van der Waals surface area contributed by atoms with E-state index in [1.165, 1.54) is 11.1 Å². The standard InChI is InChI=1S/C21H19ClN4O/c1-14-6-7-18(10-19(14)22)25-21-23-11-17(12-24-21)20(27)26-9-8-15-4-2-3-5-16(15)13-26/h2-7,10-12H,8-9,13H2,1H3,(H,23,24,25). The number of anilines is 2. The van der Waals surface area contributed by atoms with Gasteiger partial charge in [-0.3, -0.25) is 4.79 Å². The van der Waals surface area contributed by atoms with Gasteiger partial charge in [0.25, 0.3) is 5.91 Å². The summed E-state index contributed by atoms with van der Waals surface area (Å²) in [4.78, 5) is 23.2. The fraction of sp³-hybridized carbons (Fsp3) is 0.190. The molecule has 1 amide bonds. The second-order valence-corrected chi connectivity index (χ2v) is 7.04. The minimum absolute atomic E-state index is 0.0468. The zero-order valence-corrected chi connectivity index (χ0v) is 15.7. The van der Waals surface area contributed by atoms with Crippen LogP contribution < -0.4 is 5.32 Å². The van der Waals surface area contributed by atoms with Crippen molar-refractivity contribution in [2.24, 2.45) is 0 Å². The summed E-state index contributed by atoms with van der Waals surface area (Å²) in [5.41, 5.74) is 4.81. The lowest BCUT2D eigenvalue weighted by molar-refractivity contribution is 0.0734. The number of nitrogens with one attached hydrogen (secondary N) is 1. The Hall–Kier alpha value is -2.92. The molecule has 0 saturated carbocycles. The van der Waals surface area contributed by atoms with Crippen molar-refractivity contribution in [3.05, 3.63) is 82.1 Å². The number of hydrogen-bond acceptors (Lipinski definition) is 4. The fourth-order valence-corrected chi connectivity index (χ4v) is 3.33. The second-order valence-electron chi connectivity index (χ2n) is 6.63. The zero-order chi connectivity index (χ0) is 18.8. The normalized spacial score (nSPS) is 13.2. The molecule has 1 aromatic heterocycles. The van der Waals surface area contributed by atoms with E-state index in [1.807, 2.05) is 42.2 Å². The minimum atomic E-state index is -0.0468. The second kappa shape index (κ2) is 7.37. The van der Waals surface area contributed by atoms with Crippen LogP contribution in [0.3, 0.4) is 0 Å². The molecule has 0 fully saturated rings. The number of hydrogen-bond donors (Lipinski definition) is 1. The molecule has 6 heteroatoms. The minimum Gasteiger partial charge on any atom is -0.334 e. The monoisotopic (exact) mass is 378 g/mol. The van der Waals surface area contributed by atoms with E-state index in [9.17, 15) is 4.79 Å². The van der Waals surface area contributed by atoms with Gasteiger partial charge in [-0.05, 0) is 42.2 Å². The summed E-state index contributed by atoms with van der Waals surface area (Å²) in [7, 11) is 0. The molecule has 136 valence electrons. The molecule has 0 saturated heterocycles. The molecule has 1 aliphatic heterocycles. The number of carbonyl (C=O) groups excluding carboxylic acids is 1. The first kappa shape index (κ1) is 17.5. The maximum atomic E-state index is 12.8. The molecule has 4 rings (SSSR count). The molecule has 0 spiro atoms. The molecule has 3 aromatic rings. The summed E-state index contributed by atoms with van der Waals surface area (Å²) in [6.07, 6.45) is 4.00. The maximum absolute atomic E-state index is 12.8. The van der Waals surface area contributed by atoms with Crippen LogP contribution in [0, 0.1) is 6.92 Å². The Balaban J connectivity index is 1.46. The lowest BCUT2D eigenvalue weighted by Gasteiger charge is -2.28. The Kier molecular flexibility index (Phi) is 4.77.